The number of benzene rings is 2. The molecule has 0 spiro atoms. The van der Waals surface area contributed by atoms with Crippen LogP contribution in [0.2, 0.25) is 0 Å². The van der Waals surface area contributed by atoms with E-state index in [4.69, 9.17) is 9.26 Å². The van der Waals surface area contributed by atoms with Crippen molar-refractivity contribution in [1.82, 2.24) is 10.1 Å². The fraction of sp³-hybridized carbons (Fsp3) is 0.444. The number of thioether (sulfide) groups is 1. The Morgan fingerprint density at radius 3 is 2.50 bits per heavy atom. The molecule has 2 aromatic carbocycles. The number of aliphatic hydroxyl groups excluding tert-OH is 1. The van der Waals surface area contributed by atoms with Crippen LogP contribution >= 0.6 is 11.8 Å². The van der Waals surface area contributed by atoms with Crippen LogP contribution in [0, 0.1) is 0 Å². The molecule has 1 aliphatic heterocycles. The minimum absolute atomic E-state index is 0.306. The minimum atomic E-state index is -0.565. The fourth-order valence-corrected chi connectivity index (χ4v) is 5.20. The van der Waals surface area contributed by atoms with Gasteiger partial charge in [0.05, 0.1) is 24.9 Å². The van der Waals surface area contributed by atoms with Gasteiger partial charge in [0.2, 0.25) is 5.88 Å². The molecule has 1 aromatic heterocycles. The minimum Gasteiger partial charge on any atom is -0.389 e. The van der Waals surface area contributed by atoms with E-state index in [1.807, 2.05) is 60.3 Å². The SMILES string of the molecule is CCCN(Cc1c(-c2ccccc2)noc1N1CCSCC1)CC(O)COCc1ccccc1. The molecule has 6 nitrogen and oxygen atoms in total. The summed E-state index contributed by atoms with van der Waals surface area (Å²) >= 11 is 1.98. The molecule has 1 unspecified atom stereocenters. The Kier molecular flexibility index (Phi) is 9.44. The summed E-state index contributed by atoms with van der Waals surface area (Å²) in [5.41, 5.74) is 4.16. The molecular formula is C27H35N3O3S. The predicted octanol–water partition coefficient (Wildman–Crippen LogP) is 4.68. The molecular weight excluding hydrogens is 446 g/mol. The summed E-state index contributed by atoms with van der Waals surface area (Å²) in [5.74, 6) is 3.06. The largest absolute Gasteiger partial charge is 0.389 e. The second kappa shape index (κ2) is 13.0. The average Bonchev–Trinajstić information content (AvgIpc) is 3.29. The topological polar surface area (TPSA) is 62.0 Å². The van der Waals surface area contributed by atoms with E-state index in [0.717, 1.165) is 65.8 Å². The third-order valence-electron chi connectivity index (χ3n) is 5.93. The van der Waals surface area contributed by atoms with Gasteiger partial charge in [-0.3, -0.25) is 4.90 Å². The molecule has 0 bridgehead atoms. The van der Waals surface area contributed by atoms with Crippen molar-refractivity contribution in [3.05, 3.63) is 71.8 Å². The van der Waals surface area contributed by atoms with E-state index in [1.165, 1.54) is 0 Å². The zero-order valence-corrected chi connectivity index (χ0v) is 20.8. The van der Waals surface area contributed by atoms with E-state index in [1.54, 1.807) is 0 Å². The molecule has 0 saturated carbocycles. The van der Waals surface area contributed by atoms with E-state index < -0.39 is 6.10 Å². The number of rotatable bonds is 12. The second-order valence-electron chi connectivity index (χ2n) is 8.67. The highest BCUT2D eigenvalue weighted by Crippen LogP contribution is 2.33. The summed E-state index contributed by atoms with van der Waals surface area (Å²) in [6.45, 7) is 7.00. The first-order valence-corrected chi connectivity index (χ1v) is 13.3. The zero-order chi connectivity index (χ0) is 23.6. The van der Waals surface area contributed by atoms with Crippen LogP contribution in [-0.2, 0) is 17.9 Å². The fourth-order valence-electron chi connectivity index (χ4n) is 4.29. The van der Waals surface area contributed by atoms with E-state index in [9.17, 15) is 5.11 Å². The summed E-state index contributed by atoms with van der Waals surface area (Å²) in [4.78, 5) is 4.60. The first kappa shape index (κ1) is 24.8. The van der Waals surface area contributed by atoms with Gasteiger partial charge in [-0.2, -0.15) is 11.8 Å². The highest BCUT2D eigenvalue weighted by atomic mass is 32.2. The normalized spacial score (nSPS) is 15.1. The molecule has 182 valence electrons. The van der Waals surface area contributed by atoms with E-state index >= 15 is 0 Å². The van der Waals surface area contributed by atoms with Crippen molar-refractivity contribution in [3.8, 4) is 11.3 Å². The quantitative estimate of drug-likeness (QED) is 0.403. The monoisotopic (exact) mass is 481 g/mol. The standard InChI is InChI=1S/C27H35N3O3S/c1-2-13-29(18-24(31)21-32-20-22-9-5-3-6-10-22)19-25-26(23-11-7-4-8-12-23)28-33-27(25)30-14-16-34-17-15-30/h3-12,24,31H,2,13-21H2,1H3. The van der Waals surface area contributed by atoms with Gasteiger partial charge < -0.3 is 19.3 Å². The molecule has 0 aliphatic carbocycles. The molecule has 7 heteroatoms. The van der Waals surface area contributed by atoms with E-state index in [0.29, 0.717) is 26.3 Å². The van der Waals surface area contributed by atoms with Gasteiger partial charge in [0, 0.05) is 43.2 Å². The van der Waals surface area contributed by atoms with Crippen LogP contribution in [0.3, 0.4) is 0 Å². The van der Waals surface area contributed by atoms with Crippen LogP contribution < -0.4 is 4.90 Å². The molecule has 4 rings (SSSR count). The van der Waals surface area contributed by atoms with Crippen molar-refractivity contribution in [3.63, 3.8) is 0 Å². The summed E-state index contributed by atoms with van der Waals surface area (Å²) in [6.07, 6.45) is 0.435. The van der Waals surface area contributed by atoms with Crippen molar-refractivity contribution in [2.45, 2.75) is 32.6 Å². The van der Waals surface area contributed by atoms with Crippen molar-refractivity contribution >= 4 is 17.6 Å². The van der Waals surface area contributed by atoms with Gasteiger partial charge in [-0.05, 0) is 18.5 Å². The molecule has 1 saturated heterocycles. The third-order valence-corrected chi connectivity index (χ3v) is 6.87. The molecule has 1 fully saturated rings. The molecule has 1 aliphatic rings. The van der Waals surface area contributed by atoms with Crippen LogP contribution in [0.1, 0.15) is 24.5 Å². The molecule has 3 aromatic rings. The van der Waals surface area contributed by atoms with Crippen LogP contribution in [0.15, 0.2) is 65.2 Å². The summed E-state index contributed by atoms with van der Waals surface area (Å²) < 4.78 is 11.7. The number of ether oxygens (including phenoxy) is 1. The lowest BCUT2D eigenvalue weighted by molar-refractivity contribution is 0.00858. The van der Waals surface area contributed by atoms with Crippen molar-refractivity contribution in [1.29, 1.82) is 0 Å². The Hall–Kier alpha value is -2.32. The summed E-state index contributed by atoms with van der Waals surface area (Å²) in [7, 11) is 0. The maximum absolute atomic E-state index is 10.7. The number of hydrogen-bond donors (Lipinski definition) is 1. The summed E-state index contributed by atoms with van der Waals surface area (Å²) in [5, 5.41) is 15.2. The van der Waals surface area contributed by atoms with Crippen LogP contribution in [0.4, 0.5) is 5.88 Å². The first-order chi connectivity index (χ1) is 16.7. The second-order valence-corrected chi connectivity index (χ2v) is 9.89. The molecule has 2 heterocycles. The number of nitrogens with zero attached hydrogens (tertiary/aromatic N) is 3. The predicted molar refractivity (Wildman–Crippen MR) is 139 cm³/mol. The lowest BCUT2D eigenvalue weighted by Gasteiger charge is -2.29. The Balaban J connectivity index is 1.46. The number of aromatic nitrogens is 1. The third kappa shape index (κ3) is 6.85. The smallest absolute Gasteiger partial charge is 0.232 e. The molecule has 34 heavy (non-hydrogen) atoms. The highest BCUT2D eigenvalue weighted by Gasteiger charge is 2.26. The van der Waals surface area contributed by atoms with Crippen LogP contribution in [0.25, 0.3) is 11.3 Å². The van der Waals surface area contributed by atoms with Gasteiger partial charge in [-0.1, -0.05) is 72.7 Å². The Bertz CT molecular complexity index is 977. The van der Waals surface area contributed by atoms with E-state index in [-0.39, 0.29) is 0 Å². The zero-order valence-electron chi connectivity index (χ0n) is 19.9. The van der Waals surface area contributed by atoms with Crippen molar-refractivity contribution in [2.24, 2.45) is 0 Å². The molecule has 1 atom stereocenters. The number of anilines is 1. The average molecular weight is 482 g/mol. The van der Waals surface area contributed by atoms with Crippen molar-refractivity contribution < 1.29 is 14.4 Å². The van der Waals surface area contributed by atoms with Crippen molar-refractivity contribution in [2.75, 3.05) is 49.2 Å². The van der Waals surface area contributed by atoms with Crippen LogP contribution in [0.5, 0.6) is 0 Å². The van der Waals surface area contributed by atoms with Gasteiger partial charge >= 0.3 is 0 Å². The van der Waals surface area contributed by atoms with Crippen LogP contribution in [-0.4, -0.2) is 65.6 Å². The van der Waals surface area contributed by atoms with Gasteiger partial charge in [0.1, 0.15) is 5.69 Å². The Labute approximate surface area is 206 Å². The van der Waals surface area contributed by atoms with Gasteiger partial charge in [-0.15, -0.1) is 0 Å². The number of hydrogen-bond acceptors (Lipinski definition) is 7. The van der Waals surface area contributed by atoms with Gasteiger partial charge in [0.25, 0.3) is 0 Å². The maximum Gasteiger partial charge on any atom is 0.232 e. The lowest BCUT2D eigenvalue weighted by atomic mass is 10.1. The Morgan fingerprint density at radius 2 is 1.79 bits per heavy atom. The molecule has 0 radical (unpaired) electrons. The molecule has 1 N–H and O–H groups in total. The lowest BCUT2D eigenvalue weighted by Crippen LogP contribution is -2.36. The van der Waals surface area contributed by atoms with E-state index in [2.05, 4.69) is 34.0 Å². The van der Waals surface area contributed by atoms with Gasteiger partial charge in [-0.25, -0.2) is 0 Å². The first-order valence-electron chi connectivity index (χ1n) is 12.1. The highest BCUT2D eigenvalue weighted by molar-refractivity contribution is 7.99. The van der Waals surface area contributed by atoms with Gasteiger partial charge in [0.15, 0.2) is 0 Å². The molecule has 0 amide bonds. The summed E-state index contributed by atoms with van der Waals surface area (Å²) in [6, 6.07) is 20.3. The number of aliphatic hydroxyl groups is 1. The Morgan fingerprint density at radius 1 is 1.09 bits per heavy atom. The maximum atomic E-state index is 10.7.